The predicted octanol–water partition coefficient (Wildman–Crippen LogP) is 2.92. The minimum atomic E-state index is -0.873. The Morgan fingerprint density at radius 2 is 2.09 bits per heavy atom. The molecule has 2 aromatic rings. The smallest absolute Gasteiger partial charge is 0.254 e. The molecule has 4 nitrogen and oxygen atoms in total. The monoisotopic (exact) mass is 298 g/mol. The molecule has 0 bridgehead atoms. The number of aliphatic hydroxyl groups is 1. The number of hydrogen-bond donors (Lipinski definition) is 1. The van der Waals surface area contributed by atoms with Crippen molar-refractivity contribution in [2.75, 3.05) is 6.54 Å². The first-order valence-corrected chi connectivity index (χ1v) is 7.77. The number of hydrogen-bond acceptors (Lipinski definition) is 3. The van der Waals surface area contributed by atoms with Crippen molar-refractivity contribution in [1.82, 2.24) is 9.88 Å². The van der Waals surface area contributed by atoms with Gasteiger partial charge in [-0.3, -0.25) is 9.78 Å². The van der Waals surface area contributed by atoms with Crippen LogP contribution in [-0.2, 0) is 0 Å². The summed E-state index contributed by atoms with van der Waals surface area (Å²) in [5.41, 5.74) is 1.65. The molecule has 0 aliphatic carbocycles. The Morgan fingerprint density at radius 3 is 2.82 bits per heavy atom. The second-order valence-corrected chi connectivity index (χ2v) is 6.67. The van der Waals surface area contributed by atoms with Crippen LogP contribution in [0.1, 0.15) is 42.7 Å². The molecule has 2 heterocycles. The minimum Gasteiger partial charge on any atom is -0.388 e. The SMILES string of the molecule is Cc1ccc2cc(C(=O)N3CCC[C@H]3C(C)(C)O)ccc2n1. The Labute approximate surface area is 130 Å². The zero-order valence-corrected chi connectivity index (χ0v) is 13.3. The number of aromatic nitrogens is 1. The third-order valence-electron chi connectivity index (χ3n) is 4.40. The van der Waals surface area contributed by atoms with Crippen molar-refractivity contribution in [1.29, 1.82) is 0 Å². The molecule has 1 N–H and O–H groups in total. The molecule has 1 amide bonds. The van der Waals surface area contributed by atoms with Gasteiger partial charge in [0.2, 0.25) is 0 Å². The number of rotatable bonds is 2. The fourth-order valence-electron chi connectivity index (χ4n) is 3.27. The largest absolute Gasteiger partial charge is 0.388 e. The topological polar surface area (TPSA) is 53.4 Å². The number of likely N-dealkylation sites (tertiary alicyclic amines) is 1. The number of carbonyl (C=O) groups is 1. The number of nitrogens with zero attached hydrogens (tertiary/aromatic N) is 2. The average Bonchev–Trinajstić information content (AvgIpc) is 2.95. The Balaban J connectivity index is 1.93. The molecule has 0 radical (unpaired) electrons. The molecule has 1 aromatic carbocycles. The molecule has 1 aromatic heterocycles. The number of pyridine rings is 1. The highest BCUT2D eigenvalue weighted by molar-refractivity contribution is 5.98. The van der Waals surface area contributed by atoms with Crippen LogP contribution in [0.2, 0.25) is 0 Å². The lowest BCUT2D eigenvalue weighted by atomic mass is 9.96. The van der Waals surface area contributed by atoms with Gasteiger partial charge in [0.25, 0.3) is 5.91 Å². The van der Waals surface area contributed by atoms with E-state index in [1.54, 1.807) is 13.8 Å². The minimum absolute atomic E-state index is 0.00731. The maximum Gasteiger partial charge on any atom is 0.254 e. The van der Waals surface area contributed by atoms with Crippen LogP contribution in [0, 0.1) is 6.92 Å². The molecule has 3 rings (SSSR count). The number of aryl methyl sites for hydroxylation is 1. The van der Waals surface area contributed by atoms with E-state index in [0.717, 1.165) is 29.4 Å². The van der Waals surface area contributed by atoms with Crippen molar-refractivity contribution in [3.8, 4) is 0 Å². The van der Waals surface area contributed by atoms with Gasteiger partial charge in [0.15, 0.2) is 0 Å². The summed E-state index contributed by atoms with van der Waals surface area (Å²) in [5.74, 6) is -0.00731. The van der Waals surface area contributed by atoms with Gasteiger partial charge in [-0.15, -0.1) is 0 Å². The maximum atomic E-state index is 12.8. The lowest BCUT2D eigenvalue weighted by Gasteiger charge is -2.33. The van der Waals surface area contributed by atoms with E-state index < -0.39 is 5.60 Å². The van der Waals surface area contributed by atoms with Gasteiger partial charge in [-0.2, -0.15) is 0 Å². The van der Waals surface area contributed by atoms with Crippen LogP contribution in [-0.4, -0.2) is 39.1 Å². The molecule has 0 unspecified atom stereocenters. The van der Waals surface area contributed by atoms with Crippen molar-refractivity contribution in [2.45, 2.75) is 45.3 Å². The maximum absolute atomic E-state index is 12.8. The molecule has 116 valence electrons. The fourth-order valence-corrected chi connectivity index (χ4v) is 3.27. The number of carbonyl (C=O) groups excluding carboxylic acids is 1. The quantitative estimate of drug-likeness (QED) is 0.927. The van der Waals surface area contributed by atoms with E-state index in [9.17, 15) is 9.90 Å². The van der Waals surface area contributed by atoms with E-state index in [1.807, 2.05) is 42.2 Å². The molecule has 1 aliphatic rings. The van der Waals surface area contributed by atoms with Gasteiger partial charge in [0, 0.05) is 23.2 Å². The average molecular weight is 298 g/mol. The summed E-state index contributed by atoms with van der Waals surface area (Å²) in [7, 11) is 0. The van der Waals surface area contributed by atoms with Crippen molar-refractivity contribution in [3.63, 3.8) is 0 Å². The van der Waals surface area contributed by atoms with Gasteiger partial charge < -0.3 is 10.0 Å². The lowest BCUT2D eigenvalue weighted by Crippen LogP contribution is -2.48. The van der Waals surface area contributed by atoms with Gasteiger partial charge >= 0.3 is 0 Å². The molecule has 0 saturated carbocycles. The highest BCUT2D eigenvalue weighted by Gasteiger charge is 2.38. The molecule has 1 atom stereocenters. The summed E-state index contributed by atoms with van der Waals surface area (Å²) in [6, 6.07) is 9.44. The summed E-state index contributed by atoms with van der Waals surface area (Å²) in [5, 5.41) is 11.3. The van der Waals surface area contributed by atoms with Crippen LogP contribution in [0.5, 0.6) is 0 Å². The molecule has 1 aliphatic heterocycles. The highest BCUT2D eigenvalue weighted by atomic mass is 16.3. The lowest BCUT2D eigenvalue weighted by molar-refractivity contribution is 0.000343. The van der Waals surface area contributed by atoms with E-state index in [1.165, 1.54) is 0 Å². The van der Waals surface area contributed by atoms with Crippen LogP contribution >= 0.6 is 0 Å². The molecule has 1 saturated heterocycles. The Morgan fingerprint density at radius 1 is 1.32 bits per heavy atom. The second kappa shape index (κ2) is 5.36. The van der Waals surface area contributed by atoms with E-state index in [-0.39, 0.29) is 11.9 Å². The summed E-state index contributed by atoms with van der Waals surface area (Å²) in [4.78, 5) is 19.1. The van der Waals surface area contributed by atoms with E-state index in [0.29, 0.717) is 12.1 Å². The third-order valence-corrected chi connectivity index (χ3v) is 4.40. The molecular formula is C18H22N2O2. The van der Waals surface area contributed by atoms with Crippen LogP contribution in [0.4, 0.5) is 0 Å². The van der Waals surface area contributed by atoms with Crippen molar-refractivity contribution in [2.24, 2.45) is 0 Å². The van der Waals surface area contributed by atoms with Gasteiger partial charge in [-0.1, -0.05) is 6.07 Å². The Bertz CT molecular complexity index is 719. The molecular weight excluding hydrogens is 276 g/mol. The predicted molar refractivity (Wildman–Crippen MR) is 86.8 cm³/mol. The van der Waals surface area contributed by atoms with E-state index in [2.05, 4.69) is 4.98 Å². The van der Waals surface area contributed by atoms with Gasteiger partial charge in [0.05, 0.1) is 17.2 Å². The first-order valence-electron chi connectivity index (χ1n) is 7.77. The summed E-state index contributed by atoms with van der Waals surface area (Å²) in [6.07, 6.45) is 1.79. The van der Waals surface area contributed by atoms with Crippen LogP contribution in [0.15, 0.2) is 30.3 Å². The summed E-state index contributed by atoms with van der Waals surface area (Å²) < 4.78 is 0. The fraction of sp³-hybridized carbons (Fsp3) is 0.444. The van der Waals surface area contributed by atoms with E-state index >= 15 is 0 Å². The molecule has 0 spiro atoms. The van der Waals surface area contributed by atoms with Crippen LogP contribution < -0.4 is 0 Å². The third kappa shape index (κ3) is 2.71. The van der Waals surface area contributed by atoms with Crippen molar-refractivity contribution in [3.05, 3.63) is 41.6 Å². The first kappa shape index (κ1) is 15.0. The molecule has 4 heteroatoms. The van der Waals surface area contributed by atoms with Gasteiger partial charge in [-0.25, -0.2) is 0 Å². The standard InChI is InChI=1S/C18H22N2O2/c1-12-6-7-13-11-14(8-9-15(13)19-12)17(21)20-10-4-5-16(20)18(2,3)22/h6-9,11,16,22H,4-5,10H2,1-3H3/t16-/m0/s1. The zero-order chi connectivity index (χ0) is 15.9. The Hall–Kier alpha value is -1.94. The molecule has 1 fully saturated rings. The normalized spacial score (nSPS) is 18.9. The van der Waals surface area contributed by atoms with Crippen LogP contribution in [0.25, 0.3) is 10.9 Å². The second-order valence-electron chi connectivity index (χ2n) is 6.67. The van der Waals surface area contributed by atoms with Crippen molar-refractivity contribution >= 4 is 16.8 Å². The first-order chi connectivity index (χ1) is 10.4. The van der Waals surface area contributed by atoms with Crippen molar-refractivity contribution < 1.29 is 9.90 Å². The summed E-state index contributed by atoms with van der Waals surface area (Å²) >= 11 is 0. The number of amides is 1. The Kier molecular flexibility index (Phi) is 3.65. The van der Waals surface area contributed by atoms with Gasteiger partial charge in [0.1, 0.15) is 0 Å². The van der Waals surface area contributed by atoms with E-state index in [4.69, 9.17) is 0 Å². The highest BCUT2D eigenvalue weighted by Crippen LogP contribution is 2.28. The number of benzene rings is 1. The molecule has 22 heavy (non-hydrogen) atoms. The zero-order valence-electron chi connectivity index (χ0n) is 13.3. The van der Waals surface area contributed by atoms with Crippen LogP contribution in [0.3, 0.4) is 0 Å². The van der Waals surface area contributed by atoms with Gasteiger partial charge in [-0.05, 0) is 57.9 Å². The number of fused-ring (bicyclic) bond motifs is 1. The summed E-state index contributed by atoms with van der Waals surface area (Å²) in [6.45, 7) is 6.21.